The Kier molecular flexibility index (Phi) is 7.14. The molecule has 3 aromatic rings. The Balaban J connectivity index is 1.50. The third-order valence-corrected chi connectivity index (χ3v) is 9.00. The minimum absolute atomic E-state index is 0.204. The predicted octanol–water partition coefficient (Wildman–Crippen LogP) is 3.94. The van der Waals surface area contributed by atoms with E-state index in [-0.39, 0.29) is 11.9 Å². The van der Waals surface area contributed by atoms with Gasteiger partial charge in [-0.15, -0.1) is 11.3 Å². The van der Waals surface area contributed by atoms with E-state index in [0.717, 1.165) is 21.8 Å². The SMILES string of the molecule is COc1cccc([C@H](C)NC(=O)c2cccc(-c3ccc(S(=O)(=O)N4CCOCC4)s3)c2)c1. The number of nitrogens with one attached hydrogen (secondary N) is 1. The highest BCUT2D eigenvalue weighted by Crippen LogP contribution is 2.33. The van der Waals surface area contributed by atoms with Crippen LogP contribution in [0.1, 0.15) is 28.9 Å². The standard InChI is InChI=1S/C24H26N2O5S2/c1-17(18-5-4-8-21(16-18)30-2)25-24(27)20-7-3-6-19(15-20)22-9-10-23(32-22)33(28,29)26-11-13-31-14-12-26/h3-10,15-17H,11-14H2,1-2H3,(H,25,27)/t17-/m0/s1. The molecule has 0 saturated carbocycles. The van der Waals surface area contributed by atoms with Crippen LogP contribution in [-0.4, -0.2) is 52.0 Å². The largest absolute Gasteiger partial charge is 0.497 e. The lowest BCUT2D eigenvalue weighted by atomic mass is 10.1. The van der Waals surface area contributed by atoms with Crippen LogP contribution in [0.4, 0.5) is 0 Å². The number of morpholine rings is 1. The van der Waals surface area contributed by atoms with Crippen molar-refractivity contribution in [3.8, 4) is 16.2 Å². The lowest BCUT2D eigenvalue weighted by Crippen LogP contribution is -2.40. The molecule has 0 unspecified atom stereocenters. The zero-order valence-electron chi connectivity index (χ0n) is 18.5. The molecule has 1 N–H and O–H groups in total. The topological polar surface area (TPSA) is 84.9 Å². The van der Waals surface area contributed by atoms with E-state index in [0.29, 0.717) is 36.1 Å². The van der Waals surface area contributed by atoms with Crippen molar-refractivity contribution in [2.24, 2.45) is 0 Å². The molecule has 1 fully saturated rings. The molecule has 1 saturated heterocycles. The van der Waals surface area contributed by atoms with E-state index >= 15 is 0 Å². The summed E-state index contributed by atoms with van der Waals surface area (Å²) in [4.78, 5) is 13.7. The number of hydrogen-bond acceptors (Lipinski definition) is 6. The van der Waals surface area contributed by atoms with Gasteiger partial charge in [0.2, 0.25) is 0 Å². The summed E-state index contributed by atoms with van der Waals surface area (Å²) in [6.45, 7) is 3.44. The van der Waals surface area contributed by atoms with E-state index in [4.69, 9.17) is 9.47 Å². The van der Waals surface area contributed by atoms with Crippen LogP contribution >= 0.6 is 11.3 Å². The summed E-state index contributed by atoms with van der Waals surface area (Å²) in [6.07, 6.45) is 0. The number of hydrogen-bond donors (Lipinski definition) is 1. The molecule has 7 nitrogen and oxygen atoms in total. The summed E-state index contributed by atoms with van der Waals surface area (Å²) in [5.41, 5.74) is 2.24. The van der Waals surface area contributed by atoms with E-state index in [9.17, 15) is 13.2 Å². The smallest absolute Gasteiger partial charge is 0.252 e. The predicted molar refractivity (Wildman–Crippen MR) is 128 cm³/mol. The highest BCUT2D eigenvalue weighted by Gasteiger charge is 2.28. The second kappa shape index (κ2) is 10.0. The Hall–Kier alpha value is -2.72. The molecule has 0 radical (unpaired) electrons. The first-order valence-corrected chi connectivity index (χ1v) is 12.9. The van der Waals surface area contributed by atoms with Crippen molar-refractivity contribution in [2.75, 3.05) is 33.4 Å². The Bertz CT molecular complexity index is 1230. The number of benzene rings is 2. The van der Waals surface area contributed by atoms with Gasteiger partial charge < -0.3 is 14.8 Å². The second-order valence-corrected chi connectivity index (χ2v) is 10.9. The van der Waals surface area contributed by atoms with Gasteiger partial charge in [-0.3, -0.25) is 4.79 Å². The molecule has 0 aliphatic carbocycles. The minimum atomic E-state index is -3.55. The fraction of sp³-hybridized carbons (Fsp3) is 0.292. The van der Waals surface area contributed by atoms with Crippen LogP contribution in [0.5, 0.6) is 5.75 Å². The van der Waals surface area contributed by atoms with E-state index in [1.807, 2.05) is 37.3 Å². The summed E-state index contributed by atoms with van der Waals surface area (Å²) in [5, 5.41) is 3.01. The molecule has 1 aliphatic rings. The van der Waals surface area contributed by atoms with Crippen molar-refractivity contribution < 1.29 is 22.7 Å². The zero-order valence-corrected chi connectivity index (χ0v) is 20.1. The van der Waals surface area contributed by atoms with Gasteiger partial charge in [0.25, 0.3) is 15.9 Å². The van der Waals surface area contributed by atoms with Gasteiger partial charge in [-0.1, -0.05) is 24.3 Å². The summed E-state index contributed by atoms with van der Waals surface area (Å²) < 4.78 is 38.1. The van der Waals surface area contributed by atoms with Crippen molar-refractivity contribution in [3.63, 3.8) is 0 Å². The highest BCUT2D eigenvalue weighted by molar-refractivity contribution is 7.91. The van der Waals surface area contributed by atoms with Crippen LogP contribution in [0.15, 0.2) is 64.9 Å². The molecular weight excluding hydrogens is 460 g/mol. The molecule has 1 aliphatic heterocycles. The molecule has 0 bridgehead atoms. The number of thiophene rings is 1. The summed E-state index contributed by atoms with van der Waals surface area (Å²) in [6, 6.07) is 18.0. The zero-order chi connectivity index (χ0) is 23.4. The van der Waals surface area contributed by atoms with Gasteiger partial charge >= 0.3 is 0 Å². The number of rotatable bonds is 7. The normalized spacial score (nSPS) is 15.7. The maximum Gasteiger partial charge on any atom is 0.252 e. The Morgan fingerprint density at radius 2 is 1.85 bits per heavy atom. The van der Waals surface area contributed by atoms with Gasteiger partial charge in [-0.25, -0.2) is 8.42 Å². The average Bonchev–Trinajstić information content (AvgIpc) is 3.36. The van der Waals surface area contributed by atoms with Crippen molar-refractivity contribution in [1.82, 2.24) is 9.62 Å². The molecule has 1 atom stereocenters. The van der Waals surface area contributed by atoms with Gasteiger partial charge in [-0.2, -0.15) is 4.31 Å². The summed E-state index contributed by atoms with van der Waals surface area (Å²) >= 11 is 1.21. The van der Waals surface area contributed by atoms with E-state index in [1.54, 1.807) is 37.4 Å². The van der Waals surface area contributed by atoms with Crippen LogP contribution in [0.25, 0.3) is 10.4 Å². The maximum atomic E-state index is 12.9. The number of amides is 1. The monoisotopic (exact) mass is 486 g/mol. The van der Waals surface area contributed by atoms with Crippen LogP contribution in [0.3, 0.4) is 0 Å². The van der Waals surface area contributed by atoms with Crippen LogP contribution in [0.2, 0.25) is 0 Å². The first-order valence-electron chi connectivity index (χ1n) is 10.6. The van der Waals surface area contributed by atoms with Crippen LogP contribution in [-0.2, 0) is 14.8 Å². The Morgan fingerprint density at radius 1 is 1.09 bits per heavy atom. The number of methoxy groups -OCH3 is 1. The molecule has 2 aromatic carbocycles. The number of carbonyl (C=O) groups is 1. The number of carbonyl (C=O) groups excluding carboxylic acids is 1. The van der Waals surface area contributed by atoms with Gasteiger partial charge in [0.15, 0.2) is 0 Å². The van der Waals surface area contributed by atoms with Crippen molar-refractivity contribution >= 4 is 27.3 Å². The third-order valence-electron chi connectivity index (χ3n) is 5.50. The van der Waals surface area contributed by atoms with Gasteiger partial charge in [0.1, 0.15) is 9.96 Å². The van der Waals surface area contributed by atoms with Gasteiger partial charge in [-0.05, 0) is 54.4 Å². The molecule has 33 heavy (non-hydrogen) atoms. The molecule has 2 heterocycles. The van der Waals surface area contributed by atoms with Gasteiger partial charge in [0, 0.05) is 23.5 Å². The molecule has 9 heteroatoms. The van der Waals surface area contributed by atoms with Crippen LogP contribution < -0.4 is 10.1 Å². The van der Waals surface area contributed by atoms with E-state index < -0.39 is 10.0 Å². The molecule has 1 amide bonds. The summed E-state index contributed by atoms with van der Waals surface area (Å²) in [7, 11) is -1.94. The highest BCUT2D eigenvalue weighted by atomic mass is 32.2. The molecular formula is C24H26N2O5S2. The lowest BCUT2D eigenvalue weighted by molar-refractivity contribution is 0.0731. The van der Waals surface area contributed by atoms with Crippen molar-refractivity contribution in [2.45, 2.75) is 17.2 Å². The molecule has 4 rings (SSSR count). The first kappa shape index (κ1) is 23.4. The third kappa shape index (κ3) is 5.27. The number of ether oxygens (including phenoxy) is 2. The fourth-order valence-electron chi connectivity index (χ4n) is 3.62. The fourth-order valence-corrected chi connectivity index (χ4v) is 6.48. The maximum absolute atomic E-state index is 12.9. The van der Waals surface area contributed by atoms with Gasteiger partial charge in [0.05, 0.1) is 26.4 Å². The van der Waals surface area contributed by atoms with E-state index in [1.165, 1.54) is 15.6 Å². The molecule has 1 aromatic heterocycles. The molecule has 174 valence electrons. The second-order valence-electron chi connectivity index (χ2n) is 7.69. The number of sulfonamides is 1. The lowest BCUT2D eigenvalue weighted by Gasteiger charge is -2.25. The van der Waals surface area contributed by atoms with Crippen molar-refractivity contribution in [3.05, 3.63) is 71.8 Å². The Labute approximate surface area is 198 Å². The number of nitrogens with zero attached hydrogens (tertiary/aromatic N) is 1. The quantitative estimate of drug-likeness (QED) is 0.547. The van der Waals surface area contributed by atoms with Crippen LogP contribution in [0, 0.1) is 0 Å². The Morgan fingerprint density at radius 3 is 2.61 bits per heavy atom. The van der Waals surface area contributed by atoms with Crippen molar-refractivity contribution in [1.29, 1.82) is 0 Å². The minimum Gasteiger partial charge on any atom is -0.497 e. The average molecular weight is 487 g/mol. The summed E-state index contributed by atoms with van der Waals surface area (Å²) in [5.74, 6) is 0.529. The first-order chi connectivity index (χ1) is 15.9. The van der Waals surface area contributed by atoms with E-state index in [2.05, 4.69) is 5.32 Å². The molecule has 0 spiro atoms.